The number of carbonyl (C=O) groups is 1. The van der Waals surface area contributed by atoms with Gasteiger partial charge in [-0.2, -0.15) is 0 Å². The van der Waals surface area contributed by atoms with Crippen molar-refractivity contribution in [2.75, 3.05) is 18.0 Å². The van der Waals surface area contributed by atoms with Crippen molar-refractivity contribution in [2.45, 2.75) is 20.3 Å². The molecule has 21 heavy (non-hydrogen) atoms. The first-order valence-electron chi connectivity index (χ1n) is 7.20. The van der Waals surface area contributed by atoms with Crippen LogP contribution >= 0.6 is 11.6 Å². The number of hydrogen-bond acceptors (Lipinski definition) is 2. The summed E-state index contributed by atoms with van der Waals surface area (Å²) in [5.74, 6) is 0.150. The van der Waals surface area contributed by atoms with E-state index in [1.807, 2.05) is 0 Å². The Kier molecular flexibility index (Phi) is 5.40. The minimum atomic E-state index is 0.150. The maximum Gasteiger partial charge on any atom is 0.164 e. The first kappa shape index (κ1) is 15.6. The van der Waals surface area contributed by atoms with Crippen LogP contribution in [0.15, 0.2) is 48.5 Å². The lowest BCUT2D eigenvalue weighted by Gasteiger charge is -2.23. The predicted octanol–water partition coefficient (Wildman–Crippen LogP) is 4.75. The van der Waals surface area contributed by atoms with Crippen molar-refractivity contribution in [3.63, 3.8) is 0 Å². The third kappa shape index (κ3) is 4.33. The maximum absolute atomic E-state index is 12.2. The molecular formula is C18H20ClNO. The van der Waals surface area contributed by atoms with E-state index in [2.05, 4.69) is 43.0 Å². The number of carbonyl (C=O) groups excluding carboxylic acids is 1. The molecule has 0 amide bonds. The zero-order valence-electron chi connectivity index (χ0n) is 12.5. The fraction of sp³-hybridized carbons (Fsp3) is 0.278. The number of rotatable bonds is 6. The van der Waals surface area contributed by atoms with Crippen LogP contribution in [0.2, 0.25) is 5.02 Å². The van der Waals surface area contributed by atoms with Crippen molar-refractivity contribution >= 4 is 23.1 Å². The SMILES string of the molecule is CCN(CCC(=O)c1ccc(Cl)cc1)c1ccc(C)cc1. The van der Waals surface area contributed by atoms with Crippen LogP contribution in [0.4, 0.5) is 5.69 Å². The van der Waals surface area contributed by atoms with Crippen molar-refractivity contribution in [3.8, 4) is 0 Å². The molecule has 2 aromatic rings. The quantitative estimate of drug-likeness (QED) is 0.718. The summed E-state index contributed by atoms with van der Waals surface area (Å²) >= 11 is 5.84. The second kappa shape index (κ2) is 7.28. The molecule has 0 aromatic heterocycles. The van der Waals surface area contributed by atoms with Gasteiger partial charge in [-0.25, -0.2) is 0 Å². The van der Waals surface area contributed by atoms with Crippen molar-refractivity contribution in [1.29, 1.82) is 0 Å². The van der Waals surface area contributed by atoms with Crippen LogP contribution in [-0.2, 0) is 0 Å². The van der Waals surface area contributed by atoms with Crippen LogP contribution in [0, 0.1) is 6.92 Å². The molecule has 0 aliphatic rings. The van der Waals surface area contributed by atoms with Crippen LogP contribution in [0.25, 0.3) is 0 Å². The molecule has 3 heteroatoms. The topological polar surface area (TPSA) is 20.3 Å². The van der Waals surface area contributed by atoms with Gasteiger partial charge in [0, 0.05) is 35.8 Å². The Morgan fingerprint density at radius 2 is 1.67 bits per heavy atom. The highest BCUT2D eigenvalue weighted by Crippen LogP contribution is 2.16. The molecule has 0 saturated heterocycles. The average Bonchev–Trinajstić information content (AvgIpc) is 2.50. The van der Waals surface area contributed by atoms with E-state index in [1.54, 1.807) is 24.3 Å². The number of anilines is 1. The highest BCUT2D eigenvalue weighted by molar-refractivity contribution is 6.30. The molecule has 2 nitrogen and oxygen atoms in total. The van der Waals surface area contributed by atoms with Gasteiger partial charge in [0.25, 0.3) is 0 Å². The monoisotopic (exact) mass is 301 g/mol. The summed E-state index contributed by atoms with van der Waals surface area (Å²) in [6, 6.07) is 15.5. The normalized spacial score (nSPS) is 10.4. The van der Waals surface area contributed by atoms with Gasteiger partial charge in [0.15, 0.2) is 5.78 Å². The lowest BCUT2D eigenvalue weighted by Crippen LogP contribution is -2.25. The molecule has 2 aromatic carbocycles. The molecule has 0 fully saturated rings. The molecule has 0 unspecified atom stereocenters. The van der Waals surface area contributed by atoms with Crippen LogP contribution in [-0.4, -0.2) is 18.9 Å². The van der Waals surface area contributed by atoms with Gasteiger partial charge in [0.1, 0.15) is 0 Å². The molecular weight excluding hydrogens is 282 g/mol. The molecule has 2 rings (SSSR count). The van der Waals surface area contributed by atoms with E-state index in [4.69, 9.17) is 11.6 Å². The molecule has 0 aliphatic heterocycles. The first-order chi connectivity index (χ1) is 10.1. The van der Waals surface area contributed by atoms with Gasteiger partial charge in [-0.3, -0.25) is 4.79 Å². The Hall–Kier alpha value is -1.80. The molecule has 0 N–H and O–H groups in total. The summed E-state index contributed by atoms with van der Waals surface area (Å²) in [6.07, 6.45) is 0.503. The maximum atomic E-state index is 12.2. The minimum absolute atomic E-state index is 0.150. The van der Waals surface area contributed by atoms with E-state index in [9.17, 15) is 4.79 Å². The van der Waals surface area contributed by atoms with Gasteiger partial charge in [0.05, 0.1) is 0 Å². The van der Waals surface area contributed by atoms with E-state index >= 15 is 0 Å². The molecule has 0 radical (unpaired) electrons. The fourth-order valence-corrected chi connectivity index (χ4v) is 2.37. The van der Waals surface area contributed by atoms with E-state index in [0.717, 1.165) is 24.3 Å². The Morgan fingerprint density at radius 1 is 1.05 bits per heavy atom. The number of aryl methyl sites for hydroxylation is 1. The van der Waals surface area contributed by atoms with E-state index in [-0.39, 0.29) is 5.78 Å². The van der Waals surface area contributed by atoms with E-state index in [0.29, 0.717) is 11.4 Å². The summed E-state index contributed by atoms with van der Waals surface area (Å²) < 4.78 is 0. The number of benzene rings is 2. The number of Topliss-reactive ketones (excluding diaryl/α,β-unsaturated/α-hetero) is 1. The summed E-state index contributed by atoms with van der Waals surface area (Å²) in [6.45, 7) is 5.79. The molecule has 0 heterocycles. The van der Waals surface area contributed by atoms with Gasteiger partial charge in [0.2, 0.25) is 0 Å². The minimum Gasteiger partial charge on any atom is -0.371 e. The lowest BCUT2D eigenvalue weighted by molar-refractivity contribution is 0.0984. The smallest absolute Gasteiger partial charge is 0.164 e. The zero-order chi connectivity index (χ0) is 15.2. The summed E-state index contributed by atoms with van der Waals surface area (Å²) in [5.41, 5.74) is 3.12. The second-order valence-electron chi connectivity index (χ2n) is 5.10. The lowest BCUT2D eigenvalue weighted by atomic mass is 10.1. The highest BCUT2D eigenvalue weighted by atomic mass is 35.5. The van der Waals surface area contributed by atoms with Gasteiger partial charge < -0.3 is 4.90 Å². The fourth-order valence-electron chi connectivity index (χ4n) is 2.24. The van der Waals surface area contributed by atoms with Crippen LogP contribution in [0.1, 0.15) is 29.3 Å². The summed E-state index contributed by atoms with van der Waals surface area (Å²) in [4.78, 5) is 14.4. The van der Waals surface area contributed by atoms with Crippen molar-refractivity contribution in [2.24, 2.45) is 0 Å². The average molecular weight is 302 g/mol. The van der Waals surface area contributed by atoms with E-state index < -0.39 is 0 Å². The molecule has 0 atom stereocenters. The van der Waals surface area contributed by atoms with Crippen LogP contribution in [0.3, 0.4) is 0 Å². The molecule has 110 valence electrons. The largest absolute Gasteiger partial charge is 0.371 e. The second-order valence-corrected chi connectivity index (χ2v) is 5.53. The molecule has 0 bridgehead atoms. The number of ketones is 1. The summed E-state index contributed by atoms with van der Waals surface area (Å²) in [7, 11) is 0. The van der Waals surface area contributed by atoms with Crippen molar-refractivity contribution in [1.82, 2.24) is 0 Å². The third-order valence-corrected chi connectivity index (χ3v) is 3.81. The van der Waals surface area contributed by atoms with Gasteiger partial charge >= 0.3 is 0 Å². The zero-order valence-corrected chi connectivity index (χ0v) is 13.2. The van der Waals surface area contributed by atoms with Gasteiger partial charge in [-0.05, 0) is 50.2 Å². The highest BCUT2D eigenvalue weighted by Gasteiger charge is 2.09. The standard InChI is InChI=1S/C18H20ClNO/c1-3-20(17-10-4-14(2)5-11-17)13-12-18(21)15-6-8-16(19)9-7-15/h4-11H,3,12-13H2,1-2H3. The molecule has 0 aliphatic carbocycles. The Balaban J connectivity index is 1.98. The number of halogens is 1. The van der Waals surface area contributed by atoms with Gasteiger partial charge in [-0.1, -0.05) is 29.3 Å². The van der Waals surface area contributed by atoms with Crippen molar-refractivity contribution in [3.05, 3.63) is 64.7 Å². The molecule has 0 saturated carbocycles. The summed E-state index contributed by atoms with van der Waals surface area (Å²) in [5, 5.41) is 0.654. The number of hydrogen-bond donors (Lipinski definition) is 0. The predicted molar refractivity (Wildman–Crippen MR) is 89.5 cm³/mol. The van der Waals surface area contributed by atoms with Crippen LogP contribution < -0.4 is 4.90 Å². The van der Waals surface area contributed by atoms with Gasteiger partial charge in [-0.15, -0.1) is 0 Å². The Bertz CT molecular complexity index is 590. The van der Waals surface area contributed by atoms with Crippen molar-refractivity contribution < 1.29 is 4.79 Å². The van der Waals surface area contributed by atoms with E-state index in [1.165, 1.54) is 5.56 Å². The third-order valence-electron chi connectivity index (χ3n) is 3.56. The Labute approximate surface area is 131 Å². The Morgan fingerprint density at radius 3 is 2.24 bits per heavy atom. The number of nitrogens with zero attached hydrogens (tertiary/aromatic N) is 1. The van der Waals surface area contributed by atoms with Crippen LogP contribution in [0.5, 0.6) is 0 Å². The first-order valence-corrected chi connectivity index (χ1v) is 7.58. The molecule has 0 spiro atoms.